The molecule has 1 aliphatic heterocycles. The van der Waals surface area contributed by atoms with Crippen molar-refractivity contribution < 1.29 is 13.5 Å². The fourth-order valence-electron chi connectivity index (χ4n) is 2.86. The third-order valence-corrected chi connectivity index (χ3v) is 4.05. The quantitative estimate of drug-likeness (QED) is 0.880. The van der Waals surface area contributed by atoms with Crippen molar-refractivity contribution in [2.45, 2.75) is 32.0 Å². The summed E-state index contributed by atoms with van der Waals surface area (Å²) in [5, 5.41) is 11.6. The van der Waals surface area contributed by atoms with Crippen molar-refractivity contribution in [3.05, 3.63) is 48.2 Å². The molecule has 7 heteroatoms. The van der Waals surface area contributed by atoms with Gasteiger partial charge in [-0.2, -0.15) is 13.9 Å². The molecule has 24 heavy (non-hydrogen) atoms. The fraction of sp³-hybridized carbons (Fsp3) is 0.412. The first-order valence-electron chi connectivity index (χ1n) is 8.00. The first kappa shape index (κ1) is 16.6. The summed E-state index contributed by atoms with van der Waals surface area (Å²) in [7, 11) is 0. The van der Waals surface area contributed by atoms with Crippen LogP contribution in [0.3, 0.4) is 0 Å². The maximum Gasteiger partial charge on any atom is 0.387 e. The third kappa shape index (κ3) is 4.61. The highest BCUT2D eigenvalue weighted by Gasteiger charge is 2.20. The maximum atomic E-state index is 12.1. The number of nitrogens with zero attached hydrogens (tertiary/aromatic N) is 3. The summed E-state index contributed by atoms with van der Waals surface area (Å²) in [6, 6.07) is 10.9. The van der Waals surface area contributed by atoms with Crippen LogP contribution >= 0.6 is 0 Å². The van der Waals surface area contributed by atoms with Crippen LogP contribution in [0.15, 0.2) is 42.6 Å². The summed E-state index contributed by atoms with van der Waals surface area (Å²) in [6.07, 6.45) is 3.86. The molecule has 1 saturated heterocycles. The van der Waals surface area contributed by atoms with Gasteiger partial charge in [-0.3, -0.25) is 0 Å². The molecule has 0 bridgehead atoms. The van der Waals surface area contributed by atoms with E-state index in [1.54, 1.807) is 30.5 Å². The van der Waals surface area contributed by atoms with Crippen LogP contribution in [-0.4, -0.2) is 35.9 Å². The standard InChI is InChI=1S/C17H20F2N4O/c18-17(19)24-15-7-5-13(6-8-15)11-20-14-3-2-10-23(12-14)16-4-1-9-21-22-16/h1,4-9,14,17,20H,2-3,10-12H2. The Bertz CT molecular complexity index is 624. The summed E-state index contributed by atoms with van der Waals surface area (Å²) in [6.45, 7) is -0.237. The van der Waals surface area contributed by atoms with Gasteiger partial charge in [0.2, 0.25) is 0 Å². The van der Waals surface area contributed by atoms with Gasteiger partial charge in [-0.15, -0.1) is 5.10 Å². The molecule has 5 nitrogen and oxygen atoms in total. The Morgan fingerprint density at radius 3 is 2.79 bits per heavy atom. The van der Waals surface area contributed by atoms with Crippen molar-refractivity contribution in [2.75, 3.05) is 18.0 Å². The van der Waals surface area contributed by atoms with E-state index in [4.69, 9.17) is 0 Å². The molecule has 2 aromatic rings. The Labute approximate surface area is 139 Å². The number of benzene rings is 1. The van der Waals surface area contributed by atoms with Gasteiger partial charge < -0.3 is 15.0 Å². The molecule has 1 atom stereocenters. The number of anilines is 1. The fourth-order valence-corrected chi connectivity index (χ4v) is 2.86. The maximum absolute atomic E-state index is 12.1. The molecule has 3 rings (SSSR count). The summed E-state index contributed by atoms with van der Waals surface area (Å²) in [4.78, 5) is 2.23. The highest BCUT2D eigenvalue weighted by molar-refractivity contribution is 5.37. The summed E-state index contributed by atoms with van der Waals surface area (Å²) in [5.41, 5.74) is 1.04. The molecule has 1 N–H and O–H groups in total. The van der Waals surface area contributed by atoms with Crippen LogP contribution in [0.4, 0.5) is 14.6 Å². The number of piperidine rings is 1. The van der Waals surface area contributed by atoms with Crippen LogP contribution < -0.4 is 15.0 Å². The Hall–Kier alpha value is -2.28. The lowest BCUT2D eigenvalue weighted by Crippen LogP contribution is -2.45. The Kier molecular flexibility index (Phi) is 5.53. The Morgan fingerprint density at radius 2 is 2.08 bits per heavy atom. The molecule has 1 unspecified atom stereocenters. The zero-order chi connectivity index (χ0) is 16.8. The van der Waals surface area contributed by atoms with Crippen LogP contribution in [0, 0.1) is 0 Å². The molecule has 2 heterocycles. The summed E-state index contributed by atoms with van der Waals surface area (Å²) < 4.78 is 28.6. The molecule has 0 saturated carbocycles. The average molecular weight is 334 g/mol. The molecular weight excluding hydrogens is 314 g/mol. The number of hydrogen-bond acceptors (Lipinski definition) is 5. The van der Waals surface area contributed by atoms with E-state index < -0.39 is 6.61 Å². The minimum absolute atomic E-state index is 0.181. The number of alkyl halides is 2. The minimum atomic E-state index is -2.79. The topological polar surface area (TPSA) is 50.3 Å². The number of aromatic nitrogens is 2. The van der Waals surface area contributed by atoms with Gasteiger partial charge in [-0.05, 0) is 42.7 Å². The number of halogens is 2. The van der Waals surface area contributed by atoms with Gasteiger partial charge in [-0.1, -0.05) is 12.1 Å². The van der Waals surface area contributed by atoms with Crippen LogP contribution in [-0.2, 0) is 6.54 Å². The lowest BCUT2D eigenvalue weighted by Gasteiger charge is -2.33. The van der Waals surface area contributed by atoms with Gasteiger partial charge in [0.1, 0.15) is 5.75 Å². The van der Waals surface area contributed by atoms with Crippen LogP contribution in [0.25, 0.3) is 0 Å². The van der Waals surface area contributed by atoms with Gasteiger partial charge in [0, 0.05) is 31.9 Å². The lowest BCUT2D eigenvalue weighted by atomic mass is 10.1. The second-order valence-electron chi connectivity index (χ2n) is 5.77. The van der Waals surface area contributed by atoms with Crippen LogP contribution in [0.1, 0.15) is 18.4 Å². The van der Waals surface area contributed by atoms with Crippen molar-refractivity contribution in [3.63, 3.8) is 0 Å². The molecule has 0 radical (unpaired) electrons. The van der Waals surface area contributed by atoms with E-state index in [-0.39, 0.29) is 5.75 Å². The molecule has 1 aromatic carbocycles. The molecule has 0 spiro atoms. The van der Waals surface area contributed by atoms with Crippen LogP contribution in [0.2, 0.25) is 0 Å². The number of ether oxygens (including phenoxy) is 1. The summed E-state index contributed by atoms with van der Waals surface area (Å²) in [5.74, 6) is 1.08. The van der Waals surface area contributed by atoms with Crippen molar-refractivity contribution in [2.24, 2.45) is 0 Å². The van der Waals surface area contributed by atoms with E-state index in [2.05, 4.69) is 25.2 Å². The number of nitrogens with one attached hydrogen (secondary N) is 1. The first-order valence-corrected chi connectivity index (χ1v) is 8.00. The van der Waals surface area contributed by atoms with Gasteiger partial charge in [0.05, 0.1) is 0 Å². The molecule has 0 amide bonds. The Morgan fingerprint density at radius 1 is 1.25 bits per heavy atom. The molecule has 128 valence electrons. The highest BCUT2D eigenvalue weighted by atomic mass is 19.3. The minimum Gasteiger partial charge on any atom is -0.435 e. The molecule has 0 aliphatic carbocycles. The Balaban J connectivity index is 1.51. The van der Waals surface area contributed by atoms with Crippen LogP contribution in [0.5, 0.6) is 5.75 Å². The lowest BCUT2D eigenvalue weighted by molar-refractivity contribution is -0.0498. The monoisotopic (exact) mass is 334 g/mol. The largest absolute Gasteiger partial charge is 0.435 e. The predicted molar refractivity (Wildman–Crippen MR) is 87.2 cm³/mol. The van der Waals surface area contributed by atoms with E-state index in [0.717, 1.165) is 37.3 Å². The number of hydrogen-bond donors (Lipinski definition) is 1. The zero-order valence-corrected chi connectivity index (χ0v) is 13.2. The third-order valence-electron chi connectivity index (χ3n) is 4.05. The molecule has 1 aliphatic rings. The molecular formula is C17H20F2N4O. The van der Waals surface area contributed by atoms with E-state index in [9.17, 15) is 8.78 Å². The summed E-state index contributed by atoms with van der Waals surface area (Å²) >= 11 is 0. The van der Waals surface area contributed by atoms with Crippen molar-refractivity contribution >= 4 is 5.82 Å². The molecule has 1 fully saturated rings. The van der Waals surface area contributed by atoms with Gasteiger partial charge in [-0.25, -0.2) is 0 Å². The predicted octanol–water partition coefficient (Wildman–Crippen LogP) is 2.84. The van der Waals surface area contributed by atoms with Crippen molar-refractivity contribution in [1.29, 1.82) is 0 Å². The normalized spacial score (nSPS) is 18.0. The smallest absolute Gasteiger partial charge is 0.387 e. The first-order chi connectivity index (χ1) is 11.7. The second-order valence-corrected chi connectivity index (χ2v) is 5.77. The van der Waals surface area contributed by atoms with E-state index in [0.29, 0.717) is 12.6 Å². The SMILES string of the molecule is FC(F)Oc1ccc(CNC2CCCN(c3cccnn3)C2)cc1. The number of rotatable bonds is 6. The van der Waals surface area contributed by atoms with Gasteiger partial charge >= 0.3 is 6.61 Å². The second kappa shape index (κ2) is 8.01. The van der Waals surface area contributed by atoms with E-state index in [1.165, 1.54) is 0 Å². The average Bonchev–Trinajstić information content (AvgIpc) is 2.62. The van der Waals surface area contributed by atoms with E-state index >= 15 is 0 Å². The van der Waals surface area contributed by atoms with Gasteiger partial charge in [0.25, 0.3) is 0 Å². The van der Waals surface area contributed by atoms with Crippen molar-refractivity contribution in [1.82, 2.24) is 15.5 Å². The van der Waals surface area contributed by atoms with E-state index in [1.807, 2.05) is 12.1 Å². The van der Waals surface area contributed by atoms with Gasteiger partial charge in [0.15, 0.2) is 5.82 Å². The van der Waals surface area contributed by atoms with Crippen molar-refractivity contribution in [3.8, 4) is 5.75 Å². The zero-order valence-electron chi connectivity index (χ0n) is 13.2. The highest BCUT2D eigenvalue weighted by Crippen LogP contribution is 2.18. The molecule has 1 aromatic heterocycles.